The molecule has 0 spiro atoms. The van der Waals surface area contributed by atoms with Gasteiger partial charge in [0.1, 0.15) is 0 Å². The van der Waals surface area contributed by atoms with Gasteiger partial charge < -0.3 is 16.0 Å². The fraction of sp³-hybridized carbons (Fsp3) is 0.450. The van der Waals surface area contributed by atoms with E-state index < -0.39 is 0 Å². The van der Waals surface area contributed by atoms with Gasteiger partial charge in [-0.15, -0.1) is 0 Å². The van der Waals surface area contributed by atoms with Crippen molar-refractivity contribution in [1.29, 1.82) is 0 Å². The van der Waals surface area contributed by atoms with Crippen LogP contribution >= 0.6 is 0 Å². The first-order valence-electron chi connectivity index (χ1n) is 9.05. The van der Waals surface area contributed by atoms with Crippen LogP contribution in [0.4, 0.5) is 0 Å². The van der Waals surface area contributed by atoms with Gasteiger partial charge in [0.15, 0.2) is 5.96 Å². The quantitative estimate of drug-likeness (QED) is 0.422. The highest BCUT2D eigenvalue weighted by Gasteiger charge is 2.20. The molecule has 3 N–H and O–H groups in total. The fourth-order valence-corrected chi connectivity index (χ4v) is 2.42. The molecule has 0 aliphatic carbocycles. The predicted octanol–water partition coefficient (Wildman–Crippen LogP) is 2.45. The maximum absolute atomic E-state index is 11.9. The number of carbonyl (C=O) groups is 1. The lowest BCUT2D eigenvalue weighted by Gasteiger charge is -2.18. The zero-order valence-corrected chi connectivity index (χ0v) is 16.1. The van der Waals surface area contributed by atoms with E-state index in [2.05, 4.69) is 32.0 Å². The van der Waals surface area contributed by atoms with Crippen molar-refractivity contribution in [2.24, 2.45) is 10.4 Å². The molecular weight excluding hydrogens is 326 g/mol. The van der Waals surface area contributed by atoms with Crippen LogP contribution in [-0.2, 0) is 11.3 Å². The Labute approximate surface area is 155 Å². The van der Waals surface area contributed by atoms with Crippen molar-refractivity contribution >= 4 is 22.8 Å². The van der Waals surface area contributed by atoms with E-state index in [1.165, 1.54) is 0 Å². The van der Waals surface area contributed by atoms with E-state index in [4.69, 9.17) is 0 Å². The van der Waals surface area contributed by atoms with E-state index in [1.54, 1.807) is 0 Å². The zero-order valence-electron chi connectivity index (χ0n) is 16.1. The highest BCUT2D eigenvalue weighted by atomic mass is 16.2. The lowest BCUT2D eigenvalue weighted by atomic mass is 9.96. The first-order valence-corrected chi connectivity index (χ1v) is 9.05. The second kappa shape index (κ2) is 9.17. The number of hydrogen-bond donors (Lipinski definition) is 3. The summed E-state index contributed by atoms with van der Waals surface area (Å²) in [5, 5.41) is 10.5. The Morgan fingerprint density at radius 2 is 1.81 bits per heavy atom. The normalized spacial score (nSPS) is 12.1. The van der Waals surface area contributed by atoms with Crippen LogP contribution in [0.15, 0.2) is 41.5 Å². The number of guanidine groups is 1. The van der Waals surface area contributed by atoms with Crippen molar-refractivity contribution in [2.45, 2.75) is 34.2 Å². The Morgan fingerprint density at radius 3 is 2.54 bits per heavy atom. The zero-order chi connectivity index (χ0) is 19.0. The molecule has 0 saturated carbocycles. The van der Waals surface area contributed by atoms with Crippen molar-refractivity contribution in [1.82, 2.24) is 20.9 Å². The molecule has 6 nitrogen and oxygen atoms in total. The van der Waals surface area contributed by atoms with Gasteiger partial charge in [-0.1, -0.05) is 39.0 Å². The first kappa shape index (κ1) is 19.7. The number of hydrogen-bond acceptors (Lipinski definition) is 3. The molecule has 1 aromatic heterocycles. The molecule has 1 heterocycles. The van der Waals surface area contributed by atoms with Crippen molar-refractivity contribution in [2.75, 3.05) is 19.6 Å². The molecule has 2 rings (SSSR count). The largest absolute Gasteiger partial charge is 0.357 e. The van der Waals surface area contributed by atoms with E-state index in [9.17, 15) is 4.79 Å². The molecule has 0 aliphatic rings. The highest BCUT2D eigenvalue weighted by molar-refractivity contribution is 5.83. The topological polar surface area (TPSA) is 78.4 Å². The van der Waals surface area contributed by atoms with Crippen molar-refractivity contribution in [3.05, 3.63) is 42.1 Å². The summed E-state index contributed by atoms with van der Waals surface area (Å²) in [4.78, 5) is 20.9. The molecule has 0 radical (unpaired) electrons. The third-order valence-electron chi connectivity index (χ3n) is 3.88. The lowest BCUT2D eigenvalue weighted by molar-refractivity contribution is -0.128. The van der Waals surface area contributed by atoms with Gasteiger partial charge >= 0.3 is 0 Å². The Kier molecular flexibility index (Phi) is 6.95. The van der Waals surface area contributed by atoms with Crippen LogP contribution < -0.4 is 16.0 Å². The maximum atomic E-state index is 11.9. The number of amides is 1. The van der Waals surface area contributed by atoms with Crippen LogP contribution in [0.3, 0.4) is 0 Å². The van der Waals surface area contributed by atoms with Crippen molar-refractivity contribution in [3.8, 4) is 0 Å². The SMILES string of the molecule is CCNC(=NCc1ccnc2ccccc12)NCCNC(=O)C(C)(C)C. The van der Waals surface area contributed by atoms with E-state index in [0.717, 1.165) is 29.0 Å². The summed E-state index contributed by atoms with van der Waals surface area (Å²) in [6.45, 7) is 10.2. The number of rotatable bonds is 6. The number of aromatic nitrogens is 1. The minimum atomic E-state index is -0.374. The molecule has 1 amide bonds. The molecular formula is C20H29N5O. The van der Waals surface area contributed by atoms with E-state index in [1.807, 2.05) is 58.2 Å². The number of aliphatic imine (C=N–C) groups is 1. The summed E-state index contributed by atoms with van der Waals surface area (Å²) >= 11 is 0. The molecule has 6 heteroatoms. The molecule has 0 atom stereocenters. The molecule has 0 aliphatic heterocycles. The third-order valence-corrected chi connectivity index (χ3v) is 3.88. The van der Waals surface area contributed by atoms with E-state index in [0.29, 0.717) is 19.6 Å². The Bertz CT molecular complexity index is 759. The summed E-state index contributed by atoms with van der Waals surface area (Å²) < 4.78 is 0. The summed E-state index contributed by atoms with van der Waals surface area (Å²) in [6.07, 6.45) is 1.82. The Hall–Kier alpha value is -2.63. The molecule has 140 valence electrons. The molecule has 26 heavy (non-hydrogen) atoms. The molecule has 0 fully saturated rings. The second-order valence-corrected chi connectivity index (χ2v) is 7.12. The van der Waals surface area contributed by atoms with Gasteiger partial charge in [-0.05, 0) is 24.6 Å². The summed E-state index contributed by atoms with van der Waals surface area (Å²) in [6, 6.07) is 10.1. The van der Waals surface area contributed by atoms with Crippen LogP contribution in [0.5, 0.6) is 0 Å². The fourth-order valence-electron chi connectivity index (χ4n) is 2.42. The van der Waals surface area contributed by atoms with Crippen molar-refractivity contribution < 1.29 is 4.79 Å². The van der Waals surface area contributed by atoms with Gasteiger partial charge in [-0.2, -0.15) is 0 Å². The van der Waals surface area contributed by atoms with Gasteiger partial charge in [0.2, 0.25) is 5.91 Å². The van der Waals surface area contributed by atoms with Gasteiger partial charge in [0.05, 0.1) is 12.1 Å². The molecule has 0 unspecified atom stereocenters. The van der Waals surface area contributed by atoms with Gasteiger partial charge in [0, 0.05) is 36.6 Å². The van der Waals surface area contributed by atoms with Crippen LogP contribution in [0.25, 0.3) is 10.9 Å². The summed E-state index contributed by atoms with van der Waals surface area (Å²) in [5.74, 6) is 0.780. The standard InChI is InChI=1S/C20H29N5O/c1-5-21-19(24-13-12-23-18(26)20(2,3)4)25-14-15-10-11-22-17-9-7-6-8-16(15)17/h6-11H,5,12-14H2,1-4H3,(H,23,26)(H2,21,24,25). The Morgan fingerprint density at radius 1 is 1.08 bits per heavy atom. The monoisotopic (exact) mass is 355 g/mol. The van der Waals surface area contributed by atoms with Crippen LogP contribution in [-0.4, -0.2) is 36.5 Å². The first-order chi connectivity index (χ1) is 12.4. The number of carbonyl (C=O) groups excluding carboxylic acids is 1. The average molecular weight is 355 g/mol. The van der Waals surface area contributed by atoms with Gasteiger partial charge in [0.25, 0.3) is 0 Å². The minimum Gasteiger partial charge on any atom is -0.357 e. The van der Waals surface area contributed by atoms with Crippen molar-refractivity contribution in [3.63, 3.8) is 0 Å². The number of fused-ring (bicyclic) bond motifs is 1. The highest BCUT2D eigenvalue weighted by Crippen LogP contribution is 2.16. The molecule has 1 aromatic carbocycles. The number of pyridine rings is 1. The molecule has 0 saturated heterocycles. The number of nitrogens with zero attached hydrogens (tertiary/aromatic N) is 2. The maximum Gasteiger partial charge on any atom is 0.225 e. The lowest BCUT2D eigenvalue weighted by Crippen LogP contribution is -2.43. The second-order valence-electron chi connectivity index (χ2n) is 7.12. The smallest absolute Gasteiger partial charge is 0.225 e. The number of benzene rings is 1. The minimum absolute atomic E-state index is 0.0458. The van der Waals surface area contributed by atoms with E-state index in [-0.39, 0.29) is 11.3 Å². The molecule has 2 aromatic rings. The van der Waals surface area contributed by atoms with Gasteiger partial charge in [-0.25, -0.2) is 4.99 Å². The average Bonchev–Trinajstić information content (AvgIpc) is 2.62. The molecule has 0 bridgehead atoms. The number of nitrogens with one attached hydrogen (secondary N) is 3. The third kappa shape index (κ3) is 5.72. The Balaban J connectivity index is 1.95. The van der Waals surface area contributed by atoms with Crippen LogP contribution in [0.1, 0.15) is 33.3 Å². The van der Waals surface area contributed by atoms with Crippen LogP contribution in [0, 0.1) is 5.41 Å². The van der Waals surface area contributed by atoms with Gasteiger partial charge in [-0.3, -0.25) is 9.78 Å². The van der Waals surface area contributed by atoms with E-state index >= 15 is 0 Å². The van der Waals surface area contributed by atoms with Crippen LogP contribution in [0.2, 0.25) is 0 Å². The summed E-state index contributed by atoms with van der Waals surface area (Å²) in [7, 11) is 0. The predicted molar refractivity (Wildman–Crippen MR) is 107 cm³/mol. The number of para-hydroxylation sites is 1. The summed E-state index contributed by atoms with van der Waals surface area (Å²) in [5.41, 5.74) is 1.73.